The van der Waals surface area contributed by atoms with Crippen molar-refractivity contribution in [3.8, 4) is 0 Å². The summed E-state index contributed by atoms with van der Waals surface area (Å²) in [4.78, 5) is 10.7. The molecule has 0 aliphatic carbocycles. The van der Waals surface area contributed by atoms with E-state index >= 15 is 0 Å². The summed E-state index contributed by atoms with van der Waals surface area (Å²) < 4.78 is 19.7. The third-order valence-corrected chi connectivity index (χ3v) is 2.46. The standard InChI is InChI=1S/C9H17NO7/c1-14-3-4-5(11)6(12)7(17-9(10)13)8(15-2)16-4/h4-8,11-12H,3H2,1-2H3,(H2,10,13). The molecule has 5 atom stereocenters. The Bertz CT molecular complexity index is 260. The highest BCUT2D eigenvalue weighted by Crippen LogP contribution is 2.24. The number of carbonyl (C=O) groups is 1. The van der Waals surface area contributed by atoms with Gasteiger partial charge in [-0.15, -0.1) is 0 Å². The van der Waals surface area contributed by atoms with Gasteiger partial charge in [0.05, 0.1) is 6.61 Å². The average molecular weight is 251 g/mol. The lowest BCUT2D eigenvalue weighted by molar-refractivity contribution is -0.293. The molecule has 5 unspecified atom stereocenters. The molecule has 0 spiro atoms. The van der Waals surface area contributed by atoms with Gasteiger partial charge in [0.2, 0.25) is 0 Å². The number of hydrogen-bond acceptors (Lipinski definition) is 7. The summed E-state index contributed by atoms with van der Waals surface area (Å²) in [7, 11) is 2.74. The largest absolute Gasteiger partial charge is 0.438 e. The number of aliphatic hydroxyl groups is 2. The first-order valence-electron chi connectivity index (χ1n) is 5.00. The third-order valence-electron chi connectivity index (χ3n) is 2.46. The zero-order valence-corrected chi connectivity index (χ0v) is 9.61. The molecule has 17 heavy (non-hydrogen) atoms. The Hall–Kier alpha value is -0.930. The highest BCUT2D eigenvalue weighted by molar-refractivity contribution is 5.64. The number of amides is 1. The van der Waals surface area contributed by atoms with Crippen molar-refractivity contribution in [2.24, 2.45) is 5.73 Å². The lowest BCUT2D eigenvalue weighted by atomic mass is 9.99. The second-order valence-corrected chi connectivity index (χ2v) is 3.62. The molecular formula is C9H17NO7. The van der Waals surface area contributed by atoms with E-state index in [9.17, 15) is 15.0 Å². The Balaban J connectivity index is 2.75. The van der Waals surface area contributed by atoms with Crippen molar-refractivity contribution in [2.45, 2.75) is 30.7 Å². The van der Waals surface area contributed by atoms with Crippen LogP contribution >= 0.6 is 0 Å². The number of nitrogens with two attached hydrogens (primary N) is 1. The van der Waals surface area contributed by atoms with Gasteiger partial charge in [-0.1, -0.05) is 0 Å². The molecule has 1 rings (SSSR count). The minimum absolute atomic E-state index is 0.0708. The van der Waals surface area contributed by atoms with Gasteiger partial charge in [0, 0.05) is 14.2 Å². The zero-order valence-electron chi connectivity index (χ0n) is 9.61. The van der Waals surface area contributed by atoms with Crippen LogP contribution in [0.2, 0.25) is 0 Å². The maximum atomic E-state index is 10.7. The minimum Gasteiger partial charge on any atom is -0.438 e. The molecule has 1 saturated heterocycles. The van der Waals surface area contributed by atoms with Crippen LogP contribution in [0.15, 0.2) is 0 Å². The van der Waals surface area contributed by atoms with Crippen LogP contribution in [0, 0.1) is 0 Å². The number of primary amides is 1. The molecule has 100 valence electrons. The van der Waals surface area contributed by atoms with E-state index in [4.69, 9.17) is 19.9 Å². The monoisotopic (exact) mass is 251 g/mol. The van der Waals surface area contributed by atoms with Crippen LogP contribution in [-0.4, -0.2) is 67.8 Å². The Morgan fingerprint density at radius 3 is 2.47 bits per heavy atom. The van der Waals surface area contributed by atoms with Gasteiger partial charge in [0.15, 0.2) is 12.4 Å². The fourth-order valence-corrected chi connectivity index (χ4v) is 1.66. The van der Waals surface area contributed by atoms with Crippen LogP contribution < -0.4 is 5.73 Å². The molecule has 1 aliphatic heterocycles. The first-order valence-corrected chi connectivity index (χ1v) is 5.00. The topological polar surface area (TPSA) is 120 Å². The molecule has 1 fully saturated rings. The first kappa shape index (κ1) is 14.1. The van der Waals surface area contributed by atoms with E-state index in [1.807, 2.05) is 0 Å². The number of carbonyl (C=O) groups excluding carboxylic acids is 1. The summed E-state index contributed by atoms with van der Waals surface area (Å²) in [5.74, 6) is 0. The van der Waals surface area contributed by atoms with Crippen molar-refractivity contribution in [3.05, 3.63) is 0 Å². The van der Waals surface area contributed by atoms with E-state index in [1.54, 1.807) is 0 Å². The van der Waals surface area contributed by atoms with Gasteiger partial charge in [-0.05, 0) is 0 Å². The predicted molar refractivity (Wildman–Crippen MR) is 54.0 cm³/mol. The maximum Gasteiger partial charge on any atom is 0.405 e. The zero-order chi connectivity index (χ0) is 13.0. The molecular weight excluding hydrogens is 234 g/mol. The van der Waals surface area contributed by atoms with Crippen molar-refractivity contribution in [3.63, 3.8) is 0 Å². The van der Waals surface area contributed by atoms with Crippen LogP contribution in [-0.2, 0) is 18.9 Å². The van der Waals surface area contributed by atoms with Gasteiger partial charge in [0.25, 0.3) is 0 Å². The summed E-state index contributed by atoms with van der Waals surface area (Å²) in [6.07, 6.45) is -6.67. The minimum atomic E-state index is -1.36. The maximum absolute atomic E-state index is 10.7. The fraction of sp³-hybridized carbons (Fsp3) is 0.889. The molecule has 1 heterocycles. The van der Waals surface area contributed by atoms with Gasteiger partial charge < -0.3 is 34.9 Å². The smallest absolute Gasteiger partial charge is 0.405 e. The Labute approximate surface area is 98.2 Å². The fourth-order valence-electron chi connectivity index (χ4n) is 1.66. The number of ether oxygens (including phenoxy) is 4. The molecule has 8 heteroatoms. The molecule has 4 N–H and O–H groups in total. The second-order valence-electron chi connectivity index (χ2n) is 3.62. The summed E-state index contributed by atoms with van der Waals surface area (Å²) in [5, 5.41) is 19.5. The summed E-state index contributed by atoms with van der Waals surface area (Å²) >= 11 is 0. The van der Waals surface area contributed by atoms with E-state index in [2.05, 4.69) is 4.74 Å². The van der Waals surface area contributed by atoms with Crippen LogP contribution in [0.1, 0.15) is 0 Å². The first-order chi connectivity index (χ1) is 8.01. The highest BCUT2D eigenvalue weighted by Gasteiger charge is 2.46. The molecule has 1 aliphatic rings. The molecule has 1 amide bonds. The number of rotatable bonds is 4. The average Bonchev–Trinajstić information content (AvgIpc) is 2.28. The molecule has 0 aromatic heterocycles. The van der Waals surface area contributed by atoms with Crippen LogP contribution in [0.4, 0.5) is 4.79 Å². The third kappa shape index (κ3) is 3.27. The van der Waals surface area contributed by atoms with Crippen LogP contribution in [0.5, 0.6) is 0 Å². The van der Waals surface area contributed by atoms with Crippen molar-refractivity contribution < 1.29 is 34.0 Å². The summed E-state index contributed by atoms with van der Waals surface area (Å²) in [6.45, 7) is 0.0708. The molecule has 8 nitrogen and oxygen atoms in total. The molecule has 0 saturated carbocycles. The van der Waals surface area contributed by atoms with Crippen molar-refractivity contribution in [1.29, 1.82) is 0 Å². The van der Waals surface area contributed by atoms with Crippen LogP contribution in [0.3, 0.4) is 0 Å². The quantitative estimate of drug-likeness (QED) is 0.538. The van der Waals surface area contributed by atoms with Gasteiger partial charge >= 0.3 is 6.09 Å². The van der Waals surface area contributed by atoms with Gasteiger partial charge in [0.1, 0.15) is 18.3 Å². The van der Waals surface area contributed by atoms with Gasteiger partial charge in [-0.25, -0.2) is 4.79 Å². The Morgan fingerprint density at radius 2 is 2.00 bits per heavy atom. The lowest BCUT2D eigenvalue weighted by Crippen LogP contribution is -2.60. The van der Waals surface area contributed by atoms with E-state index in [1.165, 1.54) is 14.2 Å². The van der Waals surface area contributed by atoms with Crippen LogP contribution in [0.25, 0.3) is 0 Å². The van der Waals surface area contributed by atoms with E-state index in [0.29, 0.717) is 0 Å². The molecule has 0 radical (unpaired) electrons. The Morgan fingerprint density at radius 1 is 1.35 bits per heavy atom. The van der Waals surface area contributed by atoms with Crippen molar-refractivity contribution in [1.82, 2.24) is 0 Å². The van der Waals surface area contributed by atoms with E-state index in [0.717, 1.165) is 0 Å². The van der Waals surface area contributed by atoms with E-state index in [-0.39, 0.29) is 6.61 Å². The number of hydrogen-bond donors (Lipinski definition) is 3. The predicted octanol–water partition coefficient (Wildman–Crippen LogP) is -1.81. The van der Waals surface area contributed by atoms with Crippen molar-refractivity contribution in [2.75, 3.05) is 20.8 Å². The van der Waals surface area contributed by atoms with Crippen molar-refractivity contribution >= 4 is 6.09 Å². The number of methoxy groups -OCH3 is 2. The second kappa shape index (κ2) is 6.12. The SMILES string of the molecule is COCC1OC(OC)C(OC(N)=O)C(O)C1O. The van der Waals surface area contributed by atoms with Gasteiger partial charge in [-0.2, -0.15) is 0 Å². The highest BCUT2D eigenvalue weighted by atomic mass is 16.7. The summed E-state index contributed by atoms with van der Waals surface area (Å²) in [6, 6.07) is 0. The molecule has 0 aromatic rings. The molecule has 0 aromatic carbocycles. The Kier molecular flexibility index (Phi) is 5.09. The lowest BCUT2D eigenvalue weighted by Gasteiger charge is -2.40. The van der Waals surface area contributed by atoms with Gasteiger partial charge in [-0.3, -0.25) is 0 Å². The number of aliphatic hydroxyl groups excluding tert-OH is 2. The summed E-state index contributed by atoms with van der Waals surface area (Å²) in [5.41, 5.74) is 4.85. The van der Waals surface area contributed by atoms with E-state index < -0.39 is 36.8 Å². The molecule has 0 bridgehead atoms. The normalized spacial score (nSPS) is 37.8.